The molecule has 1 N–H and O–H groups in total. The van der Waals surface area contributed by atoms with Gasteiger partial charge in [-0.1, -0.05) is 12.8 Å². The molecule has 110 valence electrons. The predicted molar refractivity (Wildman–Crippen MR) is 61.4 cm³/mol. The van der Waals surface area contributed by atoms with Gasteiger partial charge in [-0.25, -0.2) is 0 Å². The molecule has 0 bridgehead atoms. The number of nitrogens with zero attached hydrogens (tertiary/aromatic N) is 1. The molecule has 0 heterocycles. The van der Waals surface area contributed by atoms with Gasteiger partial charge in [-0.3, -0.25) is 9.59 Å². The van der Waals surface area contributed by atoms with Crippen molar-refractivity contribution in [2.24, 2.45) is 5.41 Å². The second kappa shape index (κ2) is 5.38. The van der Waals surface area contributed by atoms with Crippen LogP contribution in [0.15, 0.2) is 0 Å². The van der Waals surface area contributed by atoms with Crippen molar-refractivity contribution in [3.05, 3.63) is 0 Å². The Balaban J connectivity index is 2.93. The monoisotopic (exact) mass is 281 g/mol. The van der Waals surface area contributed by atoms with Gasteiger partial charge >= 0.3 is 18.1 Å². The van der Waals surface area contributed by atoms with Crippen molar-refractivity contribution < 1.29 is 27.9 Å². The van der Waals surface area contributed by atoms with Crippen molar-refractivity contribution in [3.8, 4) is 0 Å². The van der Waals surface area contributed by atoms with Crippen LogP contribution in [0, 0.1) is 5.41 Å². The highest BCUT2D eigenvalue weighted by molar-refractivity contribution is 5.83. The third-order valence-electron chi connectivity index (χ3n) is 3.41. The van der Waals surface area contributed by atoms with E-state index in [1.54, 1.807) is 0 Å². The molecule has 19 heavy (non-hydrogen) atoms. The fraction of sp³-hybridized carbons (Fsp3) is 0.833. The smallest absolute Gasteiger partial charge is 0.471 e. The number of aliphatic carboxylic acids is 1. The maximum atomic E-state index is 12.6. The van der Waals surface area contributed by atoms with E-state index in [0.717, 1.165) is 12.8 Å². The van der Waals surface area contributed by atoms with E-state index < -0.39 is 36.1 Å². The molecule has 0 spiro atoms. The summed E-state index contributed by atoms with van der Waals surface area (Å²) in [5.74, 6) is -3.15. The third-order valence-corrected chi connectivity index (χ3v) is 3.41. The number of halogens is 3. The molecule has 1 aliphatic carbocycles. The van der Waals surface area contributed by atoms with Crippen LogP contribution in [0.1, 0.15) is 39.5 Å². The zero-order valence-corrected chi connectivity index (χ0v) is 11.0. The van der Waals surface area contributed by atoms with Crippen LogP contribution in [0.4, 0.5) is 13.2 Å². The number of carboxylic acids is 1. The number of amides is 1. The summed E-state index contributed by atoms with van der Waals surface area (Å²) in [4.78, 5) is 23.2. The molecule has 1 fully saturated rings. The summed E-state index contributed by atoms with van der Waals surface area (Å²) < 4.78 is 37.8. The first kappa shape index (κ1) is 15.8. The average Bonchev–Trinajstić information content (AvgIpc) is 2.76. The SMILES string of the molecule is CC(C)(CN(C(=O)C(F)(F)F)C1CCCC1)C(=O)O. The minimum Gasteiger partial charge on any atom is -0.481 e. The van der Waals surface area contributed by atoms with Gasteiger partial charge in [0.2, 0.25) is 0 Å². The van der Waals surface area contributed by atoms with Gasteiger partial charge in [0.15, 0.2) is 0 Å². The van der Waals surface area contributed by atoms with Gasteiger partial charge in [0.05, 0.1) is 5.41 Å². The molecular formula is C12H18F3NO3. The molecule has 0 saturated heterocycles. The van der Waals surface area contributed by atoms with Crippen LogP contribution >= 0.6 is 0 Å². The predicted octanol–water partition coefficient (Wildman–Crippen LogP) is 2.43. The maximum absolute atomic E-state index is 12.6. The van der Waals surface area contributed by atoms with Gasteiger partial charge in [0.1, 0.15) is 0 Å². The first-order valence-electron chi connectivity index (χ1n) is 6.17. The van der Waals surface area contributed by atoms with E-state index in [9.17, 15) is 22.8 Å². The Hall–Kier alpha value is -1.27. The fourth-order valence-corrected chi connectivity index (χ4v) is 2.24. The van der Waals surface area contributed by atoms with Crippen molar-refractivity contribution in [2.45, 2.75) is 51.7 Å². The molecule has 1 amide bonds. The molecule has 7 heteroatoms. The van der Waals surface area contributed by atoms with Crippen LogP contribution in [-0.2, 0) is 9.59 Å². The summed E-state index contributed by atoms with van der Waals surface area (Å²) in [5.41, 5.74) is -1.40. The largest absolute Gasteiger partial charge is 0.481 e. The van der Waals surface area contributed by atoms with Crippen LogP contribution in [0.25, 0.3) is 0 Å². The van der Waals surface area contributed by atoms with E-state index >= 15 is 0 Å². The normalized spacial score (nSPS) is 17.5. The zero-order chi connectivity index (χ0) is 14.8. The molecule has 1 rings (SSSR count). The van der Waals surface area contributed by atoms with E-state index in [2.05, 4.69) is 0 Å². The molecule has 0 radical (unpaired) electrons. The quantitative estimate of drug-likeness (QED) is 0.861. The molecule has 1 aliphatic rings. The van der Waals surface area contributed by atoms with Crippen LogP contribution in [-0.4, -0.2) is 40.6 Å². The molecule has 0 aromatic carbocycles. The Morgan fingerprint density at radius 2 is 1.68 bits per heavy atom. The van der Waals surface area contributed by atoms with Gasteiger partial charge in [-0.2, -0.15) is 13.2 Å². The molecule has 0 unspecified atom stereocenters. The number of alkyl halides is 3. The van der Waals surface area contributed by atoms with E-state index in [1.165, 1.54) is 13.8 Å². The second-order valence-corrected chi connectivity index (χ2v) is 5.56. The molecule has 0 aliphatic heterocycles. The third kappa shape index (κ3) is 3.84. The number of hydrogen-bond donors (Lipinski definition) is 1. The summed E-state index contributed by atoms with van der Waals surface area (Å²) in [5, 5.41) is 9.00. The minimum atomic E-state index is -4.96. The Labute approximate surface area is 109 Å². The van der Waals surface area contributed by atoms with Crippen LogP contribution in [0.2, 0.25) is 0 Å². The summed E-state index contributed by atoms with van der Waals surface area (Å²) >= 11 is 0. The van der Waals surface area contributed by atoms with Gasteiger partial charge in [-0.05, 0) is 26.7 Å². The summed E-state index contributed by atoms with van der Waals surface area (Å²) in [6.07, 6.45) is -2.44. The molecule has 0 aromatic rings. The molecule has 1 saturated carbocycles. The van der Waals surface area contributed by atoms with Crippen LogP contribution < -0.4 is 0 Å². The Kier molecular flexibility index (Phi) is 4.47. The zero-order valence-electron chi connectivity index (χ0n) is 11.0. The van der Waals surface area contributed by atoms with Gasteiger partial charge in [0, 0.05) is 12.6 Å². The lowest BCUT2D eigenvalue weighted by molar-refractivity contribution is -0.190. The highest BCUT2D eigenvalue weighted by atomic mass is 19.4. The Bertz CT molecular complexity index is 360. The van der Waals surface area contributed by atoms with E-state index in [0.29, 0.717) is 17.7 Å². The maximum Gasteiger partial charge on any atom is 0.471 e. The van der Waals surface area contributed by atoms with Gasteiger partial charge < -0.3 is 10.0 Å². The van der Waals surface area contributed by atoms with Gasteiger partial charge in [0.25, 0.3) is 0 Å². The summed E-state index contributed by atoms with van der Waals surface area (Å²) in [6.45, 7) is 2.22. The average molecular weight is 281 g/mol. The second-order valence-electron chi connectivity index (χ2n) is 5.56. The van der Waals surface area contributed by atoms with Crippen LogP contribution in [0.5, 0.6) is 0 Å². The topological polar surface area (TPSA) is 57.6 Å². The Morgan fingerprint density at radius 3 is 2.05 bits per heavy atom. The number of carbonyl (C=O) groups excluding carboxylic acids is 1. The van der Waals surface area contributed by atoms with E-state index in [1.807, 2.05) is 0 Å². The van der Waals surface area contributed by atoms with Crippen LogP contribution in [0.3, 0.4) is 0 Å². The van der Waals surface area contributed by atoms with E-state index in [-0.39, 0.29) is 0 Å². The highest BCUT2D eigenvalue weighted by Crippen LogP contribution is 2.31. The molecule has 0 atom stereocenters. The Morgan fingerprint density at radius 1 is 1.21 bits per heavy atom. The minimum absolute atomic E-state index is 0.425. The molecular weight excluding hydrogens is 263 g/mol. The van der Waals surface area contributed by atoms with Crippen molar-refractivity contribution in [1.82, 2.24) is 4.90 Å². The number of hydrogen-bond acceptors (Lipinski definition) is 2. The lowest BCUT2D eigenvalue weighted by Gasteiger charge is -2.34. The summed E-state index contributed by atoms with van der Waals surface area (Å²) in [7, 11) is 0. The summed E-state index contributed by atoms with van der Waals surface area (Å²) in [6, 6.07) is -0.507. The number of rotatable bonds is 4. The lowest BCUT2D eigenvalue weighted by atomic mass is 9.92. The van der Waals surface area contributed by atoms with Crippen molar-refractivity contribution in [1.29, 1.82) is 0 Å². The van der Waals surface area contributed by atoms with Gasteiger partial charge in [-0.15, -0.1) is 0 Å². The molecule has 4 nitrogen and oxygen atoms in total. The number of carboxylic acid groups (broad SMARTS) is 1. The highest BCUT2D eigenvalue weighted by Gasteiger charge is 2.47. The van der Waals surface area contributed by atoms with Crippen molar-refractivity contribution in [3.63, 3.8) is 0 Å². The van der Waals surface area contributed by atoms with Crippen molar-refractivity contribution >= 4 is 11.9 Å². The first-order valence-corrected chi connectivity index (χ1v) is 6.17. The van der Waals surface area contributed by atoms with Crippen molar-refractivity contribution in [2.75, 3.05) is 6.54 Å². The first-order chi connectivity index (χ1) is 8.55. The van der Waals surface area contributed by atoms with E-state index in [4.69, 9.17) is 5.11 Å². The number of carbonyl (C=O) groups is 2. The molecule has 0 aromatic heterocycles. The lowest BCUT2D eigenvalue weighted by Crippen LogP contribution is -2.51. The standard InChI is InChI=1S/C12H18F3NO3/c1-11(2,10(18)19)7-16(8-5-3-4-6-8)9(17)12(13,14)15/h8H,3-7H2,1-2H3,(H,18,19). The fourth-order valence-electron chi connectivity index (χ4n) is 2.24.